The average molecular weight is 293 g/mol. The van der Waals surface area contributed by atoms with Gasteiger partial charge in [0, 0.05) is 18.2 Å². The van der Waals surface area contributed by atoms with Crippen LogP contribution in [-0.2, 0) is 4.79 Å². The van der Waals surface area contributed by atoms with Crippen molar-refractivity contribution in [1.82, 2.24) is 4.90 Å². The molecule has 0 saturated heterocycles. The lowest BCUT2D eigenvalue weighted by Gasteiger charge is -2.27. The van der Waals surface area contributed by atoms with Crippen LogP contribution in [0, 0.1) is 0 Å². The highest BCUT2D eigenvalue weighted by Crippen LogP contribution is 2.16. The number of amides is 1. The number of aliphatic carboxylic acids is 1. The predicted molar refractivity (Wildman–Crippen MR) is 80.7 cm³/mol. The Morgan fingerprint density at radius 1 is 1.24 bits per heavy atom. The van der Waals surface area contributed by atoms with Crippen LogP contribution in [0.1, 0.15) is 44.0 Å². The summed E-state index contributed by atoms with van der Waals surface area (Å²) in [5.74, 6) is -0.333. The van der Waals surface area contributed by atoms with Crippen molar-refractivity contribution in [1.29, 1.82) is 0 Å². The van der Waals surface area contributed by atoms with E-state index < -0.39 is 5.97 Å². The first-order valence-electron chi connectivity index (χ1n) is 7.25. The van der Waals surface area contributed by atoms with E-state index >= 15 is 0 Å². The van der Waals surface area contributed by atoms with Gasteiger partial charge in [-0.3, -0.25) is 9.59 Å². The Bertz CT molecular complexity index is 470. The summed E-state index contributed by atoms with van der Waals surface area (Å²) in [6.07, 6.45) is 0.869. The molecule has 116 valence electrons. The molecule has 1 atom stereocenters. The van der Waals surface area contributed by atoms with Crippen molar-refractivity contribution in [3.63, 3.8) is 0 Å². The average Bonchev–Trinajstić information content (AvgIpc) is 2.45. The number of carbonyl (C=O) groups excluding carboxylic acids is 1. The van der Waals surface area contributed by atoms with E-state index in [9.17, 15) is 9.59 Å². The van der Waals surface area contributed by atoms with E-state index in [4.69, 9.17) is 9.84 Å². The summed E-state index contributed by atoms with van der Waals surface area (Å²) >= 11 is 0. The molecule has 0 aliphatic rings. The minimum Gasteiger partial charge on any atom is -0.494 e. The second-order valence-corrected chi connectivity index (χ2v) is 4.91. The van der Waals surface area contributed by atoms with Gasteiger partial charge < -0.3 is 14.7 Å². The minimum absolute atomic E-state index is 0.0583. The van der Waals surface area contributed by atoms with Gasteiger partial charge in [0.25, 0.3) is 5.91 Å². The smallest absolute Gasteiger partial charge is 0.305 e. The Balaban J connectivity index is 2.77. The van der Waals surface area contributed by atoms with E-state index in [1.165, 1.54) is 0 Å². The number of benzene rings is 1. The normalized spacial score (nSPS) is 11.8. The molecule has 5 nitrogen and oxygen atoms in total. The first-order valence-corrected chi connectivity index (χ1v) is 7.25. The quantitative estimate of drug-likeness (QED) is 0.800. The molecule has 0 bridgehead atoms. The molecule has 0 saturated carbocycles. The fourth-order valence-corrected chi connectivity index (χ4v) is 2.10. The van der Waals surface area contributed by atoms with Crippen LogP contribution >= 0.6 is 0 Å². The van der Waals surface area contributed by atoms with Crippen molar-refractivity contribution in [2.45, 2.75) is 39.7 Å². The summed E-state index contributed by atoms with van der Waals surface area (Å²) in [5, 5.41) is 8.84. The lowest BCUT2D eigenvalue weighted by atomic mass is 10.1. The van der Waals surface area contributed by atoms with Crippen LogP contribution in [0.4, 0.5) is 0 Å². The predicted octanol–water partition coefficient (Wildman–Crippen LogP) is 2.80. The van der Waals surface area contributed by atoms with Crippen LogP contribution in [-0.4, -0.2) is 41.1 Å². The second-order valence-electron chi connectivity index (χ2n) is 4.91. The Morgan fingerprint density at radius 3 is 2.33 bits per heavy atom. The van der Waals surface area contributed by atoms with E-state index in [1.807, 2.05) is 13.8 Å². The van der Waals surface area contributed by atoms with Crippen LogP contribution < -0.4 is 4.74 Å². The van der Waals surface area contributed by atoms with Gasteiger partial charge in [0.05, 0.1) is 13.0 Å². The van der Waals surface area contributed by atoms with E-state index in [2.05, 4.69) is 0 Å². The van der Waals surface area contributed by atoms with Crippen molar-refractivity contribution >= 4 is 11.9 Å². The minimum atomic E-state index is -0.905. The fourth-order valence-electron chi connectivity index (χ4n) is 2.10. The third-order valence-electron chi connectivity index (χ3n) is 3.18. The summed E-state index contributed by atoms with van der Waals surface area (Å²) in [7, 11) is 0. The van der Waals surface area contributed by atoms with Gasteiger partial charge in [-0.05, 0) is 44.5 Å². The van der Waals surface area contributed by atoms with Crippen LogP contribution in [0.15, 0.2) is 24.3 Å². The molecule has 0 aromatic heterocycles. The molecular weight excluding hydrogens is 270 g/mol. The third-order valence-corrected chi connectivity index (χ3v) is 3.18. The SMILES string of the molecule is CCCOc1ccc(C(=O)N(CC)C(C)CC(=O)O)cc1. The largest absolute Gasteiger partial charge is 0.494 e. The van der Waals surface area contributed by atoms with Crippen molar-refractivity contribution in [2.24, 2.45) is 0 Å². The number of hydrogen-bond donors (Lipinski definition) is 1. The zero-order valence-electron chi connectivity index (χ0n) is 12.8. The van der Waals surface area contributed by atoms with Gasteiger partial charge >= 0.3 is 5.97 Å². The lowest BCUT2D eigenvalue weighted by Crippen LogP contribution is -2.39. The number of carbonyl (C=O) groups is 2. The van der Waals surface area contributed by atoms with Gasteiger partial charge in [0.15, 0.2) is 0 Å². The first-order chi connectivity index (χ1) is 9.99. The first kappa shape index (κ1) is 17.0. The van der Waals surface area contributed by atoms with E-state index in [-0.39, 0.29) is 18.4 Å². The van der Waals surface area contributed by atoms with E-state index in [0.29, 0.717) is 18.7 Å². The molecule has 0 heterocycles. The van der Waals surface area contributed by atoms with Gasteiger partial charge in [-0.25, -0.2) is 0 Å². The highest BCUT2D eigenvalue weighted by molar-refractivity contribution is 5.94. The standard InChI is InChI=1S/C16H23NO4/c1-4-10-21-14-8-6-13(7-9-14)16(20)17(5-2)12(3)11-15(18)19/h6-9,12H,4-5,10-11H2,1-3H3,(H,18,19). The molecule has 0 aliphatic carbocycles. The molecule has 1 rings (SSSR count). The number of hydrogen-bond acceptors (Lipinski definition) is 3. The fraction of sp³-hybridized carbons (Fsp3) is 0.500. The van der Waals surface area contributed by atoms with Gasteiger partial charge in [0.2, 0.25) is 0 Å². The molecule has 5 heteroatoms. The lowest BCUT2D eigenvalue weighted by molar-refractivity contribution is -0.138. The Hall–Kier alpha value is -2.04. The molecule has 0 spiro atoms. The molecule has 0 aliphatic heterocycles. The molecule has 1 aromatic rings. The van der Waals surface area contributed by atoms with Crippen molar-refractivity contribution < 1.29 is 19.4 Å². The van der Waals surface area contributed by atoms with Gasteiger partial charge in [0.1, 0.15) is 5.75 Å². The number of nitrogens with zero attached hydrogens (tertiary/aromatic N) is 1. The molecule has 21 heavy (non-hydrogen) atoms. The summed E-state index contributed by atoms with van der Waals surface area (Å²) in [6.45, 7) is 6.73. The maximum atomic E-state index is 12.4. The number of ether oxygens (including phenoxy) is 1. The summed E-state index contributed by atoms with van der Waals surface area (Å²) < 4.78 is 5.47. The van der Waals surface area contributed by atoms with Crippen LogP contribution in [0.5, 0.6) is 5.75 Å². The van der Waals surface area contributed by atoms with Gasteiger partial charge in [-0.2, -0.15) is 0 Å². The Labute approximate surface area is 125 Å². The van der Waals surface area contributed by atoms with E-state index in [1.54, 1.807) is 36.1 Å². The second kappa shape index (κ2) is 8.29. The molecule has 1 unspecified atom stereocenters. The van der Waals surface area contributed by atoms with Crippen molar-refractivity contribution in [2.75, 3.05) is 13.2 Å². The van der Waals surface area contributed by atoms with Gasteiger partial charge in [-0.15, -0.1) is 0 Å². The highest BCUT2D eigenvalue weighted by Gasteiger charge is 2.21. The van der Waals surface area contributed by atoms with E-state index in [0.717, 1.165) is 12.2 Å². The summed E-state index contributed by atoms with van der Waals surface area (Å²) in [5.41, 5.74) is 0.540. The van der Waals surface area contributed by atoms with Crippen molar-refractivity contribution in [3.05, 3.63) is 29.8 Å². The maximum absolute atomic E-state index is 12.4. The maximum Gasteiger partial charge on any atom is 0.305 e. The highest BCUT2D eigenvalue weighted by atomic mass is 16.5. The molecule has 1 amide bonds. The zero-order valence-corrected chi connectivity index (χ0v) is 12.8. The molecule has 0 radical (unpaired) electrons. The molecular formula is C16H23NO4. The number of rotatable bonds is 8. The molecule has 1 N–H and O–H groups in total. The Kier molecular flexibility index (Phi) is 6.72. The topological polar surface area (TPSA) is 66.8 Å². The summed E-state index contributed by atoms with van der Waals surface area (Å²) in [6, 6.07) is 6.61. The summed E-state index contributed by atoms with van der Waals surface area (Å²) in [4.78, 5) is 24.8. The van der Waals surface area contributed by atoms with Gasteiger partial charge in [-0.1, -0.05) is 6.92 Å². The number of carboxylic acid groups (broad SMARTS) is 1. The van der Waals surface area contributed by atoms with Crippen LogP contribution in [0.3, 0.4) is 0 Å². The monoisotopic (exact) mass is 293 g/mol. The third kappa shape index (κ3) is 5.10. The number of carboxylic acids is 1. The van der Waals surface area contributed by atoms with Crippen LogP contribution in [0.25, 0.3) is 0 Å². The van der Waals surface area contributed by atoms with Crippen LogP contribution in [0.2, 0.25) is 0 Å². The zero-order chi connectivity index (χ0) is 15.8. The molecule has 0 fully saturated rings. The van der Waals surface area contributed by atoms with Crippen molar-refractivity contribution in [3.8, 4) is 5.75 Å². The molecule has 1 aromatic carbocycles. The Morgan fingerprint density at radius 2 is 1.86 bits per heavy atom.